The molecule has 1 nitrogen and oxygen atoms in total. The fourth-order valence-electron chi connectivity index (χ4n) is 2.20. The maximum Gasteiger partial charge on any atom is 0.158 e. The lowest BCUT2D eigenvalue weighted by atomic mass is 9.99. The van der Waals surface area contributed by atoms with E-state index in [9.17, 15) is 4.79 Å². The van der Waals surface area contributed by atoms with Crippen molar-refractivity contribution in [1.29, 1.82) is 0 Å². The van der Waals surface area contributed by atoms with Gasteiger partial charge in [0.25, 0.3) is 0 Å². The average molecular weight is 174 g/mol. The Bertz CT molecular complexity index is 296. The molecule has 2 atom stereocenters. The first kappa shape index (κ1) is 8.49. The molecule has 0 aromatic rings. The molecule has 68 valence electrons. The van der Waals surface area contributed by atoms with Gasteiger partial charge in [0.15, 0.2) is 5.78 Å². The molecule has 2 aliphatic rings. The van der Waals surface area contributed by atoms with Crippen LogP contribution in [0.5, 0.6) is 0 Å². The van der Waals surface area contributed by atoms with Crippen molar-refractivity contribution in [3.63, 3.8) is 0 Å². The van der Waals surface area contributed by atoms with E-state index in [2.05, 4.69) is 24.8 Å². The predicted octanol–water partition coefficient (Wildman–Crippen LogP) is 2.65. The van der Waals surface area contributed by atoms with E-state index in [1.807, 2.05) is 0 Å². The Balaban J connectivity index is 1.99. The molecule has 2 bridgehead atoms. The fraction of sp³-hybridized carbons (Fsp3) is 0.417. The zero-order chi connectivity index (χ0) is 9.26. The van der Waals surface area contributed by atoms with E-state index >= 15 is 0 Å². The van der Waals surface area contributed by atoms with Gasteiger partial charge in [-0.2, -0.15) is 0 Å². The summed E-state index contributed by atoms with van der Waals surface area (Å²) >= 11 is 0. The zero-order valence-corrected chi connectivity index (χ0v) is 7.70. The molecule has 0 saturated heterocycles. The number of allylic oxidation sites excluding steroid dienone is 5. The average Bonchev–Trinajstić information content (AvgIpc) is 2.74. The Morgan fingerprint density at radius 1 is 1.62 bits per heavy atom. The Kier molecular flexibility index (Phi) is 2.17. The summed E-state index contributed by atoms with van der Waals surface area (Å²) in [4.78, 5) is 11.0. The monoisotopic (exact) mass is 174 g/mol. The lowest BCUT2D eigenvalue weighted by Crippen LogP contribution is -1.95. The van der Waals surface area contributed by atoms with E-state index in [4.69, 9.17) is 0 Å². The molecule has 1 saturated carbocycles. The second kappa shape index (κ2) is 3.33. The summed E-state index contributed by atoms with van der Waals surface area (Å²) in [5, 5.41) is 0. The van der Waals surface area contributed by atoms with Gasteiger partial charge in [-0.25, -0.2) is 0 Å². The van der Waals surface area contributed by atoms with Crippen molar-refractivity contribution in [3.8, 4) is 0 Å². The van der Waals surface area contributed by atoms with Crippen LogP contribution < -0.4 is 0 Å². The molecule has 0 spiro atoms. The molecule has 0 radical (unpaired) electrons. The van der Waals surface area contributed by atoms with Gasteiger partial charge in [0.05, 0.1) is 0 Å². The largest absolute Gasteiger partial charge is 0.295 e. The van der Waals surface area contributed by atoms with Gasteiger partial charge in [-0.3, -0.25) is 4.79 Å². The highest BCUT2D eigenvalue weighted by atomic mass is 16.1. The Morgan fingerprint density at radius 3 is 3.00 bits per heavy atom. The van der Waals surface area contributed by atoms with Gasteiger partial charge in [0.1, 0.15) is 0 Å². The molecule has 0 amide bonds. The highest BCUT2D eigenvalue weighted by Crippen LogP contribution is 2.42. The number of carbonyl (C=O) groups is 1. The van der Waals surface area contributed by atoms with Gasteiger partial charge >= 0.3 is 0 Å². The van der Waals surface area contributed by atoms with Crippen LogP contribution in [-0.2, 0) is 4.79 Å². The molecule has 0 heterocycles. The van der Waals surface area contributed by atoms with Gasteiger partial charge in [-0.05, 0) is 30.8 Å². The van der Waals surface area contributed by atoms with Crippen LogP contribution in [0.25, 0.3) is 0 Å². The topological polar surface area (TPSA) is 17.1 Å². The second-order valence-corrected chi connectivity index (χ2v) is 3.84. The van der Waals surface area contributed by atoms with Crippen molar-refractivity contribution in [2.24, 2.45) is 11.8 Å². The van der Waals surface area contributed by atoms with Crippen molar-refractivity contribution in [2.45, 2.75) is 19.3 Å². The molecule has 0 aromatic heterocycles. The van der Waals surface area contributed by atoms with Crippen LogP contribution >= 0.6 is 0 Å². The third-order valence-corrected chi connectivity index (χ3v) is 2.94. The molecule has 1 fully saturated rings. The van der Waals surface area contributed by atoms with Gasteiger partial charge in [0, 0.05) is 6.42 Å². The van der Waals surface area contributed by atoms with Crippen molar-refractivity contribution in [3.05, 3.63) is 36.5 Å². The Morgan fingerprint density at radius 2 is 2.46 bits per heavy atom. The van der Waals surface area contributed by atoms with Gasteiger partial charge < -0.3 is 0 Å². The first-order chi connectivity index (χ1) is 6.29. The molecule has 1 heteroatoms. The highest BCUT2D eigenvalue weighted by molar-refractivity contribution is 5.90. The number of hydrogen-bond acceptors (Lipinski definition) is 1. The third kappa shape index (κ3) is 1.64. The maximum atomic E-state index is 11.0. The minimum atomic E-state index is 0.124. The number of carbonyl (C=O) groups excluding carboxylic acids is 1. The predicted molar refractivity (Wildman–Crippen MR) is 53.3 cm³/mol. The van der Waals surface area contributed by atoms with Crippen LogP contribution in [0.1, 0.15) is 19.3 Å². The van der Waals surface area contributed by atoms with E-state index in [0.717, 1.165) is 5.92 Å². The molecule has 2 aliphatic carbocycles. The summed E-state index contributed by atoms with van der Waals surface area (Å²) in [6, 6.07) is 0. The molecular formula is C12H14O. The van der Waals surface area contributed by atoms with Crippen LogP contribution in [0.4, 0.5) is 0 Å². The molecular weight excluding hydrogens is 160 g/mol. The summed E-state index contributed by atoms with van der Waals surface area (Å²) < 4.78 is 0. The van der Waals surface area contributed by atoms with Crippen molar-refractivity contribution in [2.75, 3.05) is 0 Å². The van der Waals surface area contributed by atoms with E-state index in [0.29, 0.717) is 12.3 Å². The van der Waals surface area contributed by atoms with Gasteiger partial charge in [0.2, 0.25) is 0 Å². The first-order valence-electron chi connectivity index (χ1n) is 4.82. The second-order valence-electron chi connectivity index (χ2n) is 3.84. The molecule has 0 N–H and O–H groups in total. The van der Waals surface area contributed by atoms with Crippen LogP contribution in [0.3, 0.4) is 0 Å². The van der Waals surface area contributed by atoms with E-state index in [1.165, 1.54) is 24.5 Å². The van der Waals surface area contributed by atoms with Gasteiger partial charge in [-0.15, -0.1) is 0 Å². The Hall–Kier alpha value is -1.11. The van der Waals surface area contributed by atoms with E-state index < -0.39 is 0 Å². The number of hydrogen-bond donors (Lipinski definition) is 0. The number of ketones is 1. The Labute approximate surface area is 78.8 Å². The maximum absolute atomic E-state index is 11.0. The quantitative estimate of drug-likeness (QED) is 0.475. The summed E-state index contributed by atoms with van der Waals surface area (Å²) in [5.74, 6) is 1.52. The standard InChI is InChI=1S/C12H14O/c1-2-12(13)6-5-11-8-9-3-4-10(11)7-9/h2-5,9-10H,1,6-8H2. The van der Waals surface area contributed by atoms with Crippen molar-refractivity contribution < 1.29 is 4.79 Å². The lowest BCUT2D eigenvalue weighted by Gasteiger charge is -2.06. The minimum absolute atomic E-state index is 0.124. The van der Waals surface area contributed by atoms with Crippen molar-refractivity contribution >= 4 is 5.78 Å². The van der Waals surface area contributed by atoms with Gasteiger partial charge in [-0.1, -0.05) is 30.4 Å². The molecule has 2 rings (SSSR count). The minimum Gasteiger partial charge on any atom is -0.295 e. The molecule has 13 heavy (non-hydrogen) atoms. The lowest BCUT2D eigenvalue weighted by molar-refractivity contribution is -0.113. The smallest absolute Gasteiger partial charge is 0.158 e. The zero-order valence-electron chi connectivity index (χ0n) is 7.70. The first-order valence-corrected chi connectivity index (χ1v) is 4.82. The van der Waals surface area contributed by atoms with Crippen LogP contribution in [0, 0.1) is 11.8 Å². The third-order valence-electron chi connectivity index (χ3n) is 2.94. The summed E-state index contributed by atoms with van der Waals surface area (Å²) in [6.45, 7) is 3.46. The number of fused-ring (bicyclic) bond motifs is 2. The molecule has 0 aromatic carbocycles. The van der Waals surface area contributed by atoms with Crippen molar-refractivity contribution in [1.82, 2.24) is 0 Å². The van der Waals surface area contributed by atoms with Crippen LogP contribution in [-0.4, -0.2) is 5.78 Å². The summed E-state index contributed by atoms with van der Waals surface area (Å²) in [6.07, 6.45) is 11.1. The normalized spacial score (nSPS) is 32.8. The van der Waals surface area contributed by atoms with E-state index in [1.54, 1.807) is 0 Å². The number of rotatable bonds is 3. The summed E-state index contributed by atoms with van der Waals surface area (Å²) in [7, 11) is 0. The van der Waals surface area contributed by atoms with Crippen LogP contribution in [0.2, 0.25) is 0 Å². The highest BCUT2D eigenvalue weighted by Gasteiger charge is 2.30. The SMILES string of the molecule is C=CC(=O)CC=C1CC2C=CC1C2. The molecule has 0 aliphatic heterocycles. The molecule has 2 unspecified atom stereocenters. The van der Waals surface area contributed by atoms with E-state index in [-0.39, 0.29) is 5.78 Å². The summed E-state index contributed by atoms with van der Waals surface area (Å²) in [5.41, 5.74) is 1.46. The fourth-order valence-corrected chi connectivity index (χ4v) is 2.20. The van der Waals surface area contributed by atoms with Crippen LogP contribution in [0.15, 0.2) is 36.5 Å².